The molecule has 0 aliphatic heterocycles. The Hall–Kier alpha value is -3.60. The van der Waals surface area contributed by atoms with Gasteiger partial charge in [-0.1, -0.05) is 78.9 Å². The van der Waals surface area contributed by atoms with Crippen LogP contribution in [0.2, 0.25) is 0 Å². The Balaban J connectivity index is 1.36. The molecule has 0 saturated heterocycles. The molecule has 0 heterocycles. The number of carbonyl (C=O) groups excluding carboxylic acids is 2. The number of fused-ring (bicyclic) bond motifs is 3. The van der Waals surface area contributed by atoms with Crippen molar-refractivity contribution >= 4 is 12.1 Å². The fourth-order valence-corrected chi connectivity index (χ4v) is 4.33. The lowest BCUT2D eigenvalue weighted by Gasteiger charge is -2.18. The summed E-state index contributed by atoms with van der Waals surface area (Å²) < 4.78 is 10.4. The normalized spacial score (nSPS) is 13.0. The van der Waals surface area contributed by atoms with Crippen LogP contribution in [0.15, 0.2) is 78.9 Å². The Morgan fingerprint density at radius 3 is 2.09 bits per heavy atom. The topological polar surface area (TPSA) is 64.6 Å². The van der Waals surface area contributed by atoms with E-state index in [1.165, 1.54) is 23.8 Å². The van der Waals surface area contributed by atoms with Crippen LogP contribution in [0.4, 0.5) is 4.79 Å². The van der Waals surface area contributed by atoms with Crippen molar-refractivity contribution in [2.45, 2.75) is 31.2 Å². The van der Waals surface area contributed by atoms with Gasteiger partial charge in [0.15, 0.2) is 0 Å². The summed E-state index contributed by atoms with van der Waals surface area (Å²) in [5.41, 5.74) is 5.83. The van der Waals surface area contributed by atoms with Crippen molar-refractivity contribution in [3.8, 4) is 11.1 Å². The molecule has 4 rings (SSSR count). The van der Waals surface area contributed by atoms with Crippen LogP contribution in [0.3, 0.4) is 0 Å². The summed E-state index contributed by atoms with van der Waals surface area (Å²) in [6.07, 6.45) is 1.43. The number of amides is 1. The zero-order valence-corrected chi connectivity index (χ0v) is 18.1. The van der Waals surface area contributed by atoms with E-state index in [0.717, 1.165) is 24.0 Å². The fraction of sp³-hybridized carbons (Fsp3) is 0.259. The number of ether oxygens (including phenoxy) is 2. The van der Waals surface area contributed by atoms with E-state index in [9.17, 15) is 9.59 Å². The molecule has 0 radical (unpaired) electrons. The maximum absolute atomic E-state index is 12.5. The second-order valence-corrected chi connectivity index (χ2v) is 7.92. The number of hydrogen-bond acceptors (Lipinski definition) is 4. The Bertz CT molecular complexity index is 1030. The molecule has 3 aromatic carbocycles. The standard InChI is InChI=1S/C27H27NO4/c1-31-26(29)25(17-9-12-19-10-3-2-4-11-19)28-27(30)32-18-24-22-15-7-5-13-20(22)21-14-6-8-16-23(21)24/h2-8,10-11,13-16,24-25H,9,12,17-18H2,1H3,(H,28,30). The first-order valence-electron chi connectivity index (χ1n) is 10.9. The first-order chi connectivity index (χ1) is 15.7. The van der Waals surface area contributed by atoms with Crippen molar-refractivity contribution in [3.63, 3.8) is 0 Å². The van der Waals surface area contributed by atoms with E-state index < -0.39 is 18.1 Å². The minimum absolute atomic E-state index is 0.0252. The minimum Gasteiger partial charge on any atom is -0.467 e. The van der Waals surface area contributed by atoms with Gasteiger partial charge in [0.25, 0.3) is 0 Å². The Kier molecular flexibility index (Phi) is 6.85. The molecule has 164 valence electrons. The van der Waals surface area contributed by atoms with Gasteiger partial charge in [0.05, 0.1) is 7.11 Å². The highest BCUT2D eigenvalue weighted by molar-refractivity contribution is 5.82. The van der Waals surface area contributed by atoms with Gasteiger partial charge in [0.2, 0.25) is 0 Å². The zero-order valence-electron chi connectivity index (χ0n) is 18.1. The van der Waals surface area contributed by atoms with Crippen molar-refractivity contribution in [1.29, 1.82) is 0 Å². The second kappa shape index (κ2) is 10.1. The Morgan fingerprint density at radius 1 is 0.875 bits per heavy atom. The highest BCUT2D eigenvalue weighted by atomic mass is 16.6. The van der Waals surface area contributed by atoms with Crippen molar-refractivity contribution in [2.75, 3.05) is 13.7 Å². The zero-order chi connectivity index (χ0) is 22.3. The molecule has 1 N–H and O–H groups in total. The van der Waals surface area contributed by atoms with Crippen molar-refractivity contribution in [3.05, 3.63) is 95.6 Å². The predicted octanol–water partition coefficient (Wildman–Crippen LogP) is 5.09. The lowest BCUT2D eigenvalue weighted by molar-refractivity contribution is -0.143. The van der Waals surface area contributed by atoms with Crippen molar-refractivity contribution < 1.29 is 19.1 Å². The number of esters is 1. The van der Waals surface area contributed by atoms with E-state index in [1.54, 1.807) is 0 Å². The number of rotatable bonds is 8. The van der Waals surface area contributed by atoms with Gasteiger partial charge < -0.3 is 14.8 Å². The summed E-state index contributed by atoms with van der Waals surface area (Å²) in [5, 5.41) is 2.69. The fourth-order valence-electron chi connectivity index (χ4n) is 4.33. The molecule has 0 bridgehead atoms. The van der Waals surface area contributed by atoms with Crippen LogP contribution in [0.1, 0.15) is 35.4 Å². The first kappa shape index (κ1) is 21.6. The summed E-state index contributed by atoms with van der Waals surface area (Å²) in [6, 6.07) is 25.7. The lowest BCUT2D eigenvalue weighted by Crippen LogP contribution is -2.42. The summed E-state index contributed by atoms with van der Waals surface area (Å²) in [4.78, 5) is 24.7. The van der Waals surface area contributed by atoms with Crippen LogP contribution in [0.25, 0.3) is 11.1 Å². The van der Waals surface area contributed by atoms with Crippen LogP contribution in [0, 0.1) is 0 Å². The molecular weight excluding hydrogens is 402 g/mol. The monoisotopic (exact) mass is 429 g/mol. The number of methoxy groups -OCH3 is 1. The molecule has 5 nitrogen and oxygen atoms in total. The van der Waals surface area contributed by atoms with E-state index >= 15 is 0 Å². The van der Waals surface area contributed by atoms with E-state index in [4.69, 9.17) is 9.47 Å². The third-order valence-corrected chi connectivity index (χ3v) is 5.92. The van der Waals surface area contributed by atoms with E-state index in [0.29, 0.717) is 6.42 Å². The molecule has 1 amide bonds. The smallest absolute Gasteiger partial charge is 0.407 e. The van der Waals surface area contributed by atoms with Crippen molar-refractivity contribution in [1.82, 2.24) is 5.32 Å². The highest BCUT2D eigenvalue weighted by Gasteiger charge is 2.29. The summed E-state index contributed by atoms with van der Waals surface area (Å²) >= 11 is 0. The van der Waals surface area contributed by atoms with Crippen LogP contribution < -0.4 is 5.32 Å². The lowest BCUT2D eigenvalue weighted by atomic mass is 9.98. The van der Waals surface area contributed by atoms with Gasteiger partial charge in [0.1, 0.15) is 12.6 Å². The molecule has 1 atom stereocenters. The number of alkyl carbamates (subject to hydrolysis) is 1. The van der Waals surface area contributed by atoms with E-state index in [1.807, 2.05) is 54.6 Å². The molecule has 1 unspecified atom stereocenters. The highest BCUT2D eigenvalue weighted by Crippen LogP contribution is 2.44. The van der Waals surface area contributed by atoms with E-state index in [2.05, 4.69) is 29.6 Å². The van der Waals surface area contributed by atoms with E-state index in [-0.39, 0.29) is 12.5 Å². The second-order valence-electron chi connectivity index (χ2n) is 7.92. The van der Waals surface area contributed by atoms with Gasteiger partial charge in [-0.2, -0.15) is 0 Å². The van der Waals surface area contributed by atoms with Gasteiger partial charge >= 0.3 is 12.1 Å². The van der Waals surface area contributed by atoms with Crippen LogP contribution in [0.5, 0.6) is 0 Å². The molecule has 0 fully saturated rings. The van der Waals surface area contributed by atoms with Gasteiger partial charge in [-0.15, -0.1) is 0 Å². The first-order valence-corrected chi connectivity index (χ1v) is 10.9. The van der Waals surface area contributed by atoms with Gasteiger partial charge in [-0.05, 0) is 47.1 Å². The molecule has 1 aliphatic carbocycles. The average molecular weight is 430 g/mol. The van der Waals surface area contributed by atoms with Gasteiger partial charge in [0, 0.05) is 5.92 Å². The quantitative estimate of drug-likeness (QED) is 0.507. The minimum atomic E-state index is -0.737. The molecule has 0 spiro atoms. The molecule has 5 heteroatoms. The van der Waals surface area contributed by atoms with Crippen LogP contribution in [-0.4, -0.2) is 31.8 Å². The number of hydrogen-bond donors (Lipinski definition) is 1. The molecule has 0 saturated carbocycles. The summed E-state index contributed by atoms with van der Waals surface area (Å²) in [6.45, 7) is 0.206. The van der Waals surface area contributed by atoms with Crippen LogP contribution in [-0.2, 0) is 20.7 Å². The molecule has 32 heavy (non-hydrogen) atoms. The third-order valence-electron chi connectivity index (χ3n) is 5.92. The Labute approximate surface area is 188 Å². The molecule has 3 aromatic rings. The number of nitrogens with one attached hydrogen (secondary N) is 1. The van der Waals surface area contributed by atoms with Gasteiger partial charge in [-0.3, -0.25) is 0 Å². The average Bonchev–Trinajstić information content (AvgIpc) is 3.16. The maximum atomic E-state index is 12.5. The largest absolute Gasteiger partial charge is 0.467 e. The number of carbonyl (C=O) groups is 2. The molecule has 1 aliphatic rings. The summed E-state index contributed by atoms with van der Waals surface area (Å²) in [7, 11) is 1.33. The molecular formula is C27H27NO4. The summed E-state index contributed by atoms with van der Waals surface area (Å²) in [5.74, 6) is -0.491. The SMILES string of the molecule is COC(=O)C(CCCc1ccccc1)NC(=O)OCC1c2ccccc2-c2ccccc21. The third kappa shape index (κ3) is 4.83. The Morgan fingerprint density at radius 2 is 1.47 bits per heavy atom. The number of aryl methyl sites for hydroxylation is 1. The number of benzene rings is 3. The van der Waals surface area contributed by atoms with Gasteiger partial charge in [-0.25, -0.2) is 9.59 Å². The van der Waals surface area contributed by atoms with Crippen LogP contribution >= 0.6 is 0 Å². The molecule has 0 aromatic heterocycles. The van der Waals surface area contributed by atoms with Crippen molar-refractivity contribution in [2.24, 2.45) is 0 Å². The predicted molar refractivity (Wildman–Crippen MR) is 123 cm³/mol. The maximum Gasteiger partial charge on any atom is 0.407 e.